The Morgan fingerprint density at radius 1 is 1.53 bits per heavy atom. The summed E-state index contributed by atoms with van der Waals surface area (Å²) in [4.78, 5) is 0. The number of hydrogen-bond acceptors (Lipinski definition) is 3. The van der Waals surface area contributed by atoms with Crippen LogP contribution < -0.4 is 4.74 Å². The summed E-state index contributed by atoms with van der Waals surface area (Å²) in [6.07, 6.45) is 3.59. The van der Waals surface area contributed by atoms with Crippen molar-refractivity contribution < 1.29 is 4.74 Å². The van der Waals surface area contributed by atoms with Gasteiger partial charge in [-0.05, 0) is 22.0 Å². The molecule has 76 valence electrons. The number of hydrogen-bond donors (Lipinski definition) is 1. The van der Waals surface area contributed by atoms with Gasteiger partial charge in [0.2, 0.25) is 0 Å². The van der Waals surface area contributed by atoms with Gasteiger partial charge < -0.3 is 4.74 Å². The van der Waals surface area contributed by atoms with Gasteiger partial charge >= 0.3 is 0 Å². The summed E-state index contributed by atoms with van der Waals surface area (Å²) in [5, 5.41) is 12.1. The van der Waals surface area contributed by atoms with Gasteiger partial charge in [-0.1, -0.05) is 0 Å². The fraction of sp³-hybridized carbons (Fsp3) is 0.111. The summed E-state index contributed by atoms with van der Waals surface area (Å²) in [6.45, 7) is 0. The summed E-state index contributed by atoms with van der Waals surface area (Å²) in [5.41, 5.74) is 1.75. The van der Waals surface area contributed by atoms with Crippen LogP contribution >= 0.6 is 15.9 Å². The number of pyridine rings is 1. The minimum atomic E-state index is 0.757. The molecule has 0 unspecified atom stereocenters. The van der Waals surface area contributed by atoms with Crippen LogP contribution in [0.15, 0.2) is 22.9 Å². The lowest BCUT2D eigenvalue weighted by Gasteiger charge is -2.02. The Labute approximate surface area is 93.2 Å². The van der Waals surface area contributed by atoms with Gasteiger partial charge in [0, 0.05) is 4.47 Å². The molecule has 0 atom stereocenters. The van der Waals surface area contributed by atoms with E-state index < -0.39 is 0 Å². The zero-order valence-electron chi connectivity index (χ0n) is 7.86. The molecule has 0 spiro atoms. The Morgan fingerprint density at radius 2 is 2.40 bits per heavy atom. The summed E-state index contributed by atoms with van der Waals surface area (Å²) in [6, 6.07) is 1.91. The lowest BCUT2D eigenvalue weighted by Crippen LogP contribution is -1.91. The highest BCUT2D eigenvalue weighted by atomic mass is 79.9. The standard InChI is InChI=1S/C9H7BrN4O/c1-15-5-2-7(10)8-6-3-11-12-9(6)13-14(8)4-5/h2-4H,1H3,(H,12,13). The molecule has 0 aliphatic carbocycles. The molecule has 0 radical (unpaired) electrons. The van der Waals surface area contributed by atoms with Crippen LogP contribution in [0.2, 0.25) is 0 Å². The normalized spacial score (nSPS) is 11.3. The first kappa shape index (κ1) is 8.72. The van der Waals surface area contributed by atoms with Gasteiger partial charge in [0.1, 0.15) is 5.75 Å². The number of H-pyrrole nitrogens is 1. The van der Waals surface area contributed by atoms with Crippen LogP contribution in [0.25, 0.3) is 16.6 Å². The molecule has 0 aliphatic heterocycles. The highest BCUT2D eigenvalue weighted by molar-refractivity contribution is 9.10. The first-order valence-corrected chi connectivity index (χ1v) is 5.14. The van der Waals surface area contributed by atoms with Crippen molar-refractivity contribution in [3.8, 4) is 5.75 Å². The molecule has 5 nitrogen and oxygen atoms in total. The van der Waals surface area contributed by atoms with Crippen LogP contribution in [-0.2, 0) is 0 Å². The van der Waals surface area contributed by atoms with Crippen molar-refractivity contribution in [2.24, 2.45) is 0 Å². The molecular weight excluding hydrogens is 260 g/mol. The molecule has 3 aromatic heterocycles. The van der Waals surface area contributed by atoms with Crippen LogP contribution in [0.1, 0.15) is 0 Å². The summed E-state index contributed by atoms with van der Waals surface area (Å²) >= 11 is 3.49. The number of aromatic amines is 1. The van der Waals surface area contributed by atoms with Crippen LogP contribution in [0.3, 0.4) is 0 Å². The van der Waals surface area contributed by atoms with E-state index in [-0.39, 0.29) is 0 Å². The average Bonchev–Trinajstić information content (AvgIpc) is 2.75. The highest BCUT2D eigenvalue weighted by Crippen LogP contribution is 2.28. The molecule has 3 aromatic rings. The first-order chi connectivity index (χ1) is 7.29. The molecule has 0 fully saturated rings. The second-order valence-electron chi connectivity index (χ2n) is 3.15. The second-order valence-corrected chi connectivity index (χ2v) is 4.01. The third kappa shape index (κ3) is 1.14. The van der Waals surface area contributed by atoms with Crippen LogP contribution in [0, 0.1) is 0 Å². The molecule has 3 heterocycles. The van der Waals surface area contributed by atoms with E-state index in [1.54, 1.807) is 17.8 Å². The molecule has 3 rings (SSSR count). The van der Waals surface area contributed by atoms with E-state index in [2.05, 4.69) is 31.2 Å². The van der Waals surface area contributed by atoms with Crippen LogP contribution in [0.5, 0.6) is 5.75 Å². The van der Waals surface area contributed by atoms with Crippen molar-refractivity contribution in [1.29, 1.82) is 0 Å². The van der Waals surface area contributed by atoms with E-state index in [0.29, 0.717) is 0 Å². The van der Waals surface area contributed by atoms with Crippen molar-refractivity contribution in [3.05, 3.63) is 22.9 Å². The molecule has 0 saturated carbocycles. The lowest BCUT2D eigenvalue weighted by molar-refractivity contribution is 0.411. The molecule has 0 aliphatic rings. The van der Waals surface area contributed by atoms with Gasteiger partial charge in [-0.25, -0.2) is 4.52 Å². The Balaban J connectivity index is 2.49. The molecule has 6 heteroatoms. The van der Waals surface area contributed by atoms with Crippen molar-refractivity contribution in [3.63, 3.8) is 0 Å². The smallest absolute Gasteiger partial charge is 0.178 e. The molecular formula is C9H7BrN4O. The molecule has 0 bridgehead atoms. The zero-order valence-corrected chi connectivity index (χ0v) is 9.45. The predicted octanol–water partition coefficient (Wildman–Crippen LogP) is 1.98. The average molecular weight is 267 g/mol. The van der Waals surface area contributed by atoms with E-state index in [1.807, 2.05) is 12.3 Å². The fourth-order valence-corrected chi connectivity index (χ4v) is 2.23. The number of ether oxygens (including phenoxy) is 1. The maximum atomic E-state index is 5.16. The maximum absolute atomic E-state index is 5.16. The number of nitrogens with zero attached hydrogens (tertiary/aromatic N) is 3. The molecule has 1 N–H and O–H groups in total. The third-order valence-electron chi connectivity index (χ3n) is 2.29. The minimum absolute atomic E-state index is 0.757. The van der Waals surface area contributed by atoms with Crippen molar-refractivity contribution in [2.75, 3.05) is 7.11 Å². The SMILES string of the molecule is COc1cc(Br)c2c3cn[nH]c3nn2c1. The van der Waals surface area contributed by atoms with E-state index in [0.717, 1.165) is 26.8 Å². The van der Waals surface area contributed by atoms with Gasteiger partial charge in [0.25, 0.3) is 0 Å². The Hall–Kier alpha value is -1.56. The summed E-state index contributed by atoms with van der Waals surface area (Å²) in [5.74, 6) is 0.757. The topological polar surface area (TPSA) is 55.2 Å². The first-order valence-electron chi connectivity index (χ1n) is 4.34. The molecule has 0 aromatic carbocycles. The lowest BCUT2D eigenvalue weighted by atomic mass is 10.3. The Kier molecular flexibility index (Phi) is 1.72. The van der Waals surface area contributed by atoms with Gasteiger partial charge in [-0.2, -0.15) is 5.10 Å². The Bertz CT molecular complexity index is 642. The fourth-order valence-electron chi connectivity index (χ4n) is 1.60. The van der Waals surface area contributed by atoms with Gasteiger partial charge in [0.15, 0.2) is 5.65 Å². The quantitative estimate of drug-likeness (QED) is 0.733. The van der Waals surface area contributed by atoms with Crippen molar-refractivity contribution >= 4 is 32.5 Å². The number of fused-ring (bicyclic) bond motifs is 3. The third-order valence-corrected chi connectivity index (χ3v) is 2.90. The van der Waals surface area contributed by atoms with E-state index >= 15 is 0 Å². The van der Waals surface area contributed by atoms with E-state index in [1.165, 1.54) is 0 Å². The monoisotopic (exact) mass is 266 g/mol. The van der Waals surface area contributed by atoms with Crippen LogP contribution in [-0.4, -0.2) is 26.9 Å². The zero-order chi connectivity index (χ0) is 10.4. The molecule has 0 saturated heterocycles. The number of rotatable bonds is 1. The second kappa shape index (κ2) is 2.96. The Morgan fingerprint density at radius 3 is 3.20 bits per heavy atom. The maximum Gasteiger partial charge on any atom is 0.178 e. The predicted molar refractivity (Wildman–Crippen MR) is 59.1 cm³/mol. The number of methoxy groups -OCH3 is 1. The van der Waals surface area contributed by atoms with E-state index in [4.69, 9.17) is 4.74 Å². The summed E-state index contributed by atoms with van der Waals surface area (Å²) < 4.78 is 7.86. The van der Waals surface area contributed by atoms with Gasteiger partial charge in [0.05, 0.1) is 30.4 Å². The number of aromatic nitrogens is 4. The molecule has 0 amide bonds. The minimum Gasteiger partial charge on any atom is -0.495 e. The van der Waals surface area contributed by atoms with Crippen molar-refractivity contribution in [2.45, 2.75) is 0 Å². The van der Waals surface area contributed by atoms with E-state index in [9.17, 15) is 0 Å². The van der Waals surface area contributed by atoms with Gasteiger partial charge in [-0.3, -0.25) is 5.10 Å². The highest BCUT2D eigenvalue weighted by Gasteiger charge is 2.10. The van der Waals surface area contributed by atoms with Gasteiger partial charge in [-0.15, -0.1) is 5.10 Å². The number of halogens is 1. The van der Waals surface area contributed by atoms with Crippen molar-refractivity contribution in [1.82, 2.24) is 19.8 Å². The molecule has 15 heavy (non-hydrogen) atoms. The number of nitrogens with one attached hydrogen (secondary N) is 1. The largest absolute Gasteiger partial charge is 0.495 e. The summed E-state index contributed by atoms with van der Waals surface area (Å²) in [7, 11) is 1.63. The van der Waals surface area contributed by atoms with Crippen LogP contribution in [0.4, 0.5) is 0 Å².